The number of hydrogen-bond acceptors (Lipinski definition) is 5. The van der Waals surface area contributed by atoms with E-state index in [0.29, 0.717) is 6.33 Å². The summed E-state index contributed by atoms with van der Waals surface area (Å²) in [4.78, 5) is 16.6. The van der Waals surface area contributed by atoms with Crippen LogP contribution in [-0.4, -0.2) is 25.0 Å². The number of hydrogen-bond donors (Lipinski definition) is 0. The highest BCUT2D eigenvalue weighted by Crippen LogP contribution is 2.31. The van der Waals surface area contributed by atoms with Crippen LogP contribution in [0.2, 0.25) is 0 Å². The Labute approximate surface area is 90.0 Å². The molecule has 0 aliphatic carbocycles. The van der Waals surface area contributed by atoms with Gasteiger partial charge >= 0.3 is 6.18 Å². The maximum Gasteiger partial charge on any atom is 0.433 e. The number of rotatable bonds is 3. The number of halogens is 3. The zero-order chi connectivity index (χ0) is 12.3. The molecule has 0 fully saturated rings. The van der Waals surface area contributed by atoms with E-state index in [1.165, 1.54) is 0 Å². The first-order valence-electron chi connectivity index (χ1n) is 3.78. The van der Waals surface area contributed by atoms with Crippen LogP contribution in [0, 0.1) is 0 Å². The van der Waals surface area contributed by atoms with Crippen LogP contribution in [0.25, 0.3) is 0 Å². The molecule has 9 heteroatoms. The van der Waals surface area contributed by atoms with Crippen LogP contribution in [0.15, 0.2) is 6.33 Å². The van der Waals surface area contributed by atoms with Crippen molar-refractivity contribution in [2.45, 2.75) is 11.9 Å². The summed E-state index contributed by atoms with van der Waals surface area (Å²) in [6, 6.07) is 0. The van der Waals surface area contributed by atoms with Gasteiger partial charge in [-0.2, -0.15) is 13.2 Å². The van der Waals surface area contributed by atoms with E-state index in [-0.39, 0.29) is 6.29 Å². The maximum absolute atomic E-state index is 12.4. The number of aldehydes is 1. The highest BCUT2D eigenvalue weighted by molar-refractivity contribution is 7.78. The van der Waals surface area contributed by atoms with E-state index in [4.69, 9.17) is 0 Å². The van der Waals surface area contributed by atoms with Crippen molar-refractivity contribution < 1.29 is 26.7 Å². The molecule has 1 atom stereocenters. The molecule has 0 bridgehead atoms. The predicted octanol–water partition coefficient (Wildman–Crippen LogP) is 0.687. The molecule has 0 N–H and O–H groups in total. The van der Waals surface area contributed by atoms with Crippen molar-refractivity contribution in [2.24, 2.45) is 0 Å². The van der Waals surface area contributed by atoms with Crippen LogP contribution < -0.4 is 0 Å². The second-order valence-corrected chi connectivity index (χ2v) is 3.55. The van der Waals surface area contributed by atoms with Crippen LogP contribution in [-0.2, 0) is 23.0 Å². The Balaban J connectivity index is 3.37. The van der Waals surface area contributed by atoms with Crippen LogP contribution in [0.4, 0.5) is 13.2 Å². The molecule has 0 radical (unpaired) electrons. The van der Waals surface area contributed by atoms with Gasteiger partial charge in [-0.05, 0) is 0 Å². The zero-order valence-corrected chi connectivity index (χ0v) is 8.34. The third-order valence-electron chi connectivity index (χ3n) is 1.62. The Morgan fingerprint density at radius 3 is 2.50 bits per heavy atom. The molecule has 1 unspecified atom stereocenters. The van der Waals surface area contributed by atoms with Crippen molar-refractivity contribution in [3.8, 4) is 0 Å². The minimum absolute atomic E-state index is 0.0547. The molecule has 5 nitrogen and oxygen atoms in total. The average molecular weight is 253 g/mol. The van der Waals surface area contributed by atoms with Gasteiger partial charge in [0.05, 0.1) is 0 Å². The van der Waals surface area contributed by atoms with E-state index in [0.717, 1.165) is 0 Å². The van der Waals surface area contributed by atoms with Gasteiger partial charge in [-0.1, -0.05) is 11.1 Å². The molecule has 0 aromatic carbocycles. The lowest BCUT2D eigenvalue weighted by atomic mass is 10.2. The van der Waals surface area contributed by atoms with Crippen LogP contribution in [0.1, 0.15) is 21.7 Å². The van der Waals surface area contributed by atoms with Crippen LogP contribution in [0.5, 0.6) is 0 Å². The van der Waals surface area contributed by atoms with E-state index in [9.17, 15) is 26.7 Å². The monoisotopic (exact) mass is 253 g/mol. The first-order valence-corrected chi connectivity index (χ1v) is 5.02. The average Bonchev–Trinajstić information content (AvgIpc) is 2.15. The van der Waals surface area contributed by atoms with Crippen LogP contribution in [0.3, 0.4) is 0 Å². The molecule has 0 saturated heterocycles. The predicted molar refractivity (Wildman–Crippen MR) is 45.0 cm³/mol. The molecule has 0 aliphatic rings. The van der Waals surface area contributed by atoms with Crippen molar-refractivity contribution >= 4 is 17.4 Å². The number of nitrogens with zero attached hydrogens (tertiary/aromatic N) is 2. The summed E-state index contributed by atoms with van der Waals surface area (Å²) in [5.74, 6) is -0.955. The van der Waals surface area contributed by atoms with Crippen LogP contribution >= 0.6 is 0 Å². The highest BCUT2D eigenvalue weighted by Gasteiger charge is 2.36. The van der Waals surface area contributed by atoms with E-state index in [1.807, 2.05) is 0 Å². The molecule has 16 heavy (non-hydrogen) atoms. The lowest BCUT2D eigenvalue weighted by Crippen LogP contribution is -2.16. The minimum atomic E-state index is -4.82. The van der Waals surface area contributed by atoms with Crippen molar-refractivity contribution in [1.82, 2.24) is 9.97 Å². The third kappa shape index (κ3) is 2.83. The summed E-state index contributed by atoms with van der Waals surface area (Å²) in [5.41, 5.74) is -2.72. The van der Waals surface area contributed by atoms with E-state index < -0.39 is 40.0 Å². The fourth-order valence-corrected chi connectivity index (χ4v) is 1.55. The lowest BCUT2D eigenvalue weighted by molar-refractivity contribution is -0.141. The Bertz CT molecular complexity index is 435. The molecule has 0 spiro atoms. The molecular formula is C7H4F3N2O3S-. The second-order valence-electron chi connectivity index (χ2n) is 2.65. The van der Waals surface area contributed by atoms with Gasteiger partial charge < -0.3 is 4.55 Å². The zero-order valence-electron chi connectivity index (χ0n) is 7.52. The van der Waals surface area contributed by atoms with Crippen molar-refractivity contribution in [1.29, 1.82) is 0 Å². The SMILES string of the molecule is O=Cc1ncnc(C(F)(F)F)c1CS(=O)[O-]. The second kappa shape index (κ2) is 4.66. The van der Waals surface area contributed by atoms with Gasteiger partial charge in [0, 0.05) is 11.3 Å². The highest BCUT2D eigenvalue weighted by atomic mass is 32.2. The molecule has 0 aliphatic heterocycles. The summed E-state index contributed by atoms with van der Waals surface area (Å²) in [5, 5.41) is 0. The van der Waals surface area contributed by atoms with Gasteiger partial charge in [-0.25, -0.2) is 9.97 Å². The minimum Gasteiger partial charge on any atom is -0.772 e. The molecule has 1 rings (SSSR count). The summed E-state index contributed by atoms with van der Waals surface area (Å²) in [6.45, 7) is 0. The standard InChI is InChI=1S/C7H5F3N2O3S/c8-7(9,10)6-4(2-16(14)15)5(1-13)11-3-12-6/h1,3H,2H2,(H,14,15)/p-1. The van der Waals surface area contributed by atoms with Crippen molar-refractivity contribution in [3.63, 3.8) is 0 Å². The molecule has 1 heterocycles. The topological polar surface area (TPSA) is 83.0 Å². The molecular weight excluding hydrogens is 249 g/mol. The first kappa shape index (κ1) is 12.7. The number of aromatic nitrogens is 2. The molecule has 88 valence electrons. The Morgan fingerprint density at radius 2 is 2.06 bits per heavy atom. The lowest BCUT2D eigenvalue weighted by Gasteiger charge is -2.13. The Morgan fingerprint density at radius 1 is 1.44 bits per heavy atom. The Kier molecular flexibility index (Phi) is 3.70. The third-order valence-corrected chi connectivity index (χ3v) is 2.15. The summed E-state index contributed by atoms with van der Waals surface area (Å²) < 4.78 is 58.0. The van der Waals surface area contributed by atoms with E-state index in [2.05, 4.69) is 9.97 Å². The van der Waals surface area contributed by atoms with Gasteiger partial charge in [-0.3, -0.25) is 9.00 Å². The van der Waals surface area contributed by atoms with Gasteiger partial charge in [0.1, 0.15) is 12.0 Å². The Hall–Kier alpha value is -1.35. The van der Waals surface area contributed by atoms with Gasteiger partial charge in [0.25, 0.3) is 0 Å². The fourth-order valence-electron chi connectivity index (χ4n) is 1.03. The number of alkyl halides is 3. The molecule has 0 amide bonds. The molecule has 0 saturated carbocycles. The smallest absolute Gasteiger partial charge is 0.433 e. The summed E-state index contributed by atoms with van der Waals surface area (Å²) in [7, 11) is 0. The maximum atomic E-state index is 12.4. The molecule has 1 aromatic rings. The van der Waals surface area contributed by atoms with E-state index in [1.54, 1.807) is 0 Å². The number of carbonyl (C=O) groups excluding carboxylic acids is 1. The fraction of sp³-hybridized carbons (Fsp3) is 0.286. The van der Waals surface area contributed by atoms with E-state index >= 15 is 0 Å². The molecule has 1 aromatic heterocycles. The normalized spacial score (nSPS) is 13.5. The summed E-state index contributed by atoms with van der Waals surface area (Å²) >= 11 is -2.76. The number of carbonyl (C=O) groups is 1. The van der Waals surface area contributed by atoms with Gasteiger partial charge in [0.15, 0.2) is 12.0 Å². The largest absolute Gasteiger partial charge is 0.772 e. The van der Waals surface area contributed by atoms with Crippen molar-refractivity contribution in [3.05, 3.63) is 23.3 Å². The first-order chi connectivity index (χ1) is 7.36. The summed E-state index contributed by atoms with van der Waals surface area (Å²) in [6.07, 6.45) is -4.21. The van der Waals surface area contributed by atoms with Gasteiger partial charge in [0.2, 0.25) is 0 Å². The quantitative estimate of drug-likeness (QED) is 0.584. The van der Waals surface area contributed by atoms with Crippen molar-refractivity contribution in [2.75, 3.05) is 0 Å². The van der Waals surface area contributed by atoms with Gasteiger partial charge in [-0.15, -0.1) is 0 Å².